The molecule has 4 rings (SSSR count). The van der Waals surface area contributed by atoms with Gasteiger partial charge in [0.25, 0.3) is 11.5 Å². The maximum absolute atomic E-state index is 13.5. The zero-order valence-corrected chi connectivity index (χ0v) is 25.1. The number of carbonyl (C=O) groups is 1. The lowest BCUT2D eigenvalue weighted by Gasteiger charge is -2.14. The number of nitrogens with zero attached hydrogens (tertiary/aromatic N) is 3. The number of hydrogen-bond acceptors (Lipinski definition) is 6. The maximum atomic E-state index is 13.5. The number of hydrogen-bond donors (Lipinski definition) is 1. The largest absolute Gasteiger partial charge is 0.369 e. The number of fused-ring (bicyclic) bond motifs is 1. The molecule has 3 heterocycles. The monoisotopic (exact) mass is 576 g/mol. The second-order valence-electron chi connectivity index (χ2n) is 10.3. The van der Waals surface area contributed by atoms with E-state index in [1.54, 1.807) is 29.3 Å². The summed E-state index contributed by atoms with van der Waals surface area (Å²) in [6, 6.07) is 15.6. The summed E-state index contributed by atoms with van der Waals surface area (Å²) in [5.74, 6) is 0.353. The number of carbonyl (C=O) groups excluding carboxylic acids is 1. The molecular weight excluding hydrogens is 537 g/mol. The van der Waals surface area contributed by atoms with Gasteiger partial charge in [0.05, 0.1) is 10.5 Å². The van der Waals surface area contributed by atoms with Gasteiger partial charge in [0, 0.05) is 19.3 Å². The molecule has 0 saturated carbocycles. The molecule has 212 valence electrons. The van der Waals surface area contributed by atoms with Gasteiger partial charge >= 0.3 is 0 Å². The number of amides is 1. The van der Waals surface area contributed by atoms with E-state index in [-0.39, 0.29) is 11.5 Å². The van der Waals surface area contributed by atoms with Crippen LogP contribution < -0.4 is 10.9 Å². The number of benzene rings is 1. The van der Waals surface area contributed by atoms with Gasteiger partial charge in [0.1, 0.15) is 15.8 Å². The van der Waals surface area contributed by atoms with Gasteiger partial charge in [-0.05, 0) is 36.6 Å². The molecule has 3 aromatic rings. The Bertz CT molecular complexity index is 1370. The van der Waals surface area contributed by atoms with Crippen LogP contribution in [0.25, 0.3) is 11.7 Å². The third-order valence-corrected chi connectivity index (χ3v) is 8.58. The molecule has 1 saturated heterocycles. The molecule has 2 aromatic heterocycles. The van der Waals surface area contributed by atoms with Gasteiger partial charge in [0.15, 0.2) is 0 Å². The van der Waals surface area contributed by atoms with Crippen LogP contribution in [-0.2, 0) is 11.2 Å². The van der Waals surface area contributed by atoms with Crippen LogP contribution in [0.15, 0.2) is 64.4 Å². The fourth-order valence-corrected chi connectivity index (χ4v) is 6.21. The molecule has 1 fully saturated rings. The van der Waals surface area contributed by atoms with E-state index in [2.05, 4.69) is 24.4 Å². The standard InChI is InChI=1S/C32H40N4O2S2/c1-2-3-4-5-6-7-8-9-10-15-23-36-31(38)27(40-32(36)39)24-26-29(33-21-20-25-17-12-11-13-18-25)34-28-19-14-16-22-35(28)30(26)37/h11-14,16-19,22,24,33H,2-10,15,20-21,23H2,1H3. The van der Waals surface area contributed by atoms with Crippen molar-refractivity contribution in [1.29, 1.82) is 0 Å². The van der Waals surface area contributed by atoms with Crippen LogP contribution in [0.3, 0.4) is 0 Å². The van der Waals surface area contributed by atoms with E-state index < -0.39 is 0 Å². The van der Waals surface area contributed by atoms with Crippen molar-refractivity contribution in [3.63, 3.8) is 0 Å². The van der Waals surface area contributed by atoms with Gasteiger partial charge in [-0.1, -0.05) is 125 Å². The number of anilines is 1. The Kier molecular flexibility index (Phi) is 11.8. The lowest BCUT2D eigenvalue weighted by Crippen LogP contribution is -2.29. The third kappa shape index (κ3) is 8.27. The van der Waals surface area contributed by atoms with Crippen molar-refractivity contribution in [2.75, 3.05) is 18.4 Å². The van der Waals surface area contributed by atoms with Crippen molar-refractivity contribution in [2.45, 2.75) is 77.6 Å². The molecule has 0 atom stereocenters. The average molecular weight is 577 g/mol. The Hall–Kier alpha value is -2.97. The van der Waals surface area contributed by atoms with Crippen LogP contribution in [0, 0.1) is 0 Å². The normalized spacial score (nSPS) is 14.5. The van der Waals surface area contributed by atoms with Gasteiger partial charge < -0.3 is 5.32 Å². The number of thiocarbonyl (C=S) groups is 1. The van der Waals surface area contributed by atoms with Crippen LogP contribution in [0.4, 0.5) is 5.82 Å². The van der Waals surface area contributed by atoms with Crippen LogP contribution in [-0.4, -0.2) is 37.6 Å². The van der Waals surface area contributed by atoms with Crippen molar-refractivity contribution in [3.05, 3.63) is 81.1 Å². The molecule has 0 spiro atoms. The molecule has 8 heteroatoms. The molecular formula is C32H40N4O2S2. The zero-order chi connectivity index (χ0) is 28.2. The number of rotatable bonds is 16. The minimum absolute atomic E-state index is 0.126. The Morgan fingerprint density at radius 2 is 1.57 bits per heavy atom. The molecule has 40 heavy (non-hydrogen) atoms. The summed E-state index contributed by atoms with van der Waals surface area (Å²) in [6.45, 7) is 3.48. The second-order valence-corrected chi connectivity index (χ2v) is 12.0. The van der Waals surface area contributed by atoms with Crippen LogP contribution in [0.1, 0.15) is 82.3 Å². The number of aromatic nitrogens is 2. The fraction of sp³-hybridized carbons (Fsp3) is 0.438. The number of unbranched alkanes of at least 4 members (excludes halogenated alkanes) is 9. The molecule has 1 amide bonds. The van der Waals surface area contributed by atoms with Crippen LogP contribution in [0.2, 0.25) is 0 Å². The van der Waals surface area contributed by atoms with Gasteiger partial charge in [0.2, 0.25) is 0 Å². The summed E-state index contributed by atoms with van der Waals surface area (Å²) < 4.78 is 2.07. The predicted octanol–water partition coefficient (Wildman–Crippen LogP) is 7.47. The number of thioether (sulfide) groups is 1. The summed E-state index contributed by atoms with van der Waals surface area (Å²) in [7, 11) is 0. The van der Waals surface area contributed by atoms with E-state index in [0.29, 0.717) is 39.3 Å². The first-order chi connectivity index (χ1) is 19.6. The van der Waals surface area contributed by atoms with Crippen molar-refractivity contribution >= 4 is 51.7 Å². The summed E-state index contributed by atoms with van der Waals surface area (Å²) in [5.41, 5.74) is 1.91. The van der Waals surface area contributed by atoms with Gasteiger partial charge in [-0.2, -0.15) is 0 Å². The van der Waals surface area contributed by atoms with Crippen molar-refractivity contribution in [1.82, 2.24) is 14.3 Å². The summed E-state index contributed by atoms with van der Waals surface area (Å²) >= 11 is 6.83. The van der Waals surface area contributed by atoms with Gasteiger partial charge in [-0.25, -0.2) is 4.98 Å². The van der Waals surface area contributed by atoms with E-state index in [1.165, 1.54) is 73.1 Å². The van der Waals surface area contributed by atoms with Crippen LogP contribution >= 0.6 is 24.0 Å². The second kappa shape index (κ2) is 15.7. The fourth-order valence-electron chi connectivity index (χ4n) is 4.92. The molecule has 0 bridgehead atoms. The highest BCUT2D eigenvalue weighted by Gasteiger charge is 2.32. The molecule has 1 aliphatic rings. The van der Waals surface area contributed by atoms with Crippen molar-refractivity contribution in [3.8, 4) is 0 Å². The van der Waals surface area contributed by atoms with Crippen molar-refractivity contribution in [2.24, 2.45) is 0 Å². The predicted molar refractivity (Wildman–Crippen MR) is 172 cm³/mol. The SMILES string of the molecule is CCCCCCCCCCCCN1C(=O)C(=Cc2c(NCCc3ccccc3)nc3ccccn3c2=O)SC1=S. The van der Waals surface area contributed by atoms with Gasteiger partial charge in [-0.15, -0.1) is 0 Å². The summed E-state index contributed by atoms with van der Waals surface area (Å²) in [5, 5.41) is 3.34. The minimum atomic E-state index is -0.215. The average Bonchev–Trinajstić information content (AvgIpc) is 3.23. The smallest absolute Gasteiger partial charge is 0.267 e. The Morgan fingerprint density at radius 1 is 0.900 bits per heavy atom. The first kappa shape index (κ1) is 30.0. The highest BCUT2D eigenvalue weighted by atomic mass is 32.2. The highest BCUT2D eigenvalue weighted by Crippen LogP contribution is 2.33. The first-order valence-electron chi connectivity index (χ1n) is 14.6. The Balaban J connectivity index is 1.39. The Labute approximate surface area is 247 Å². The molecule has 0 aliphatic carbocycles. The quantitative estimate of drug-likeness (QED) is 0.108. The minimum Gasteiger partial charge on any atom is -0.369 e. The Morgan fingerprint density at radius 3 is 2.30 bits per heavy atom. The molecule has 6 nitrogen and oxygen atoms in total. The van der Waals surface area contributed by atoms with E-state index in [0.717, 1.165) is 19.3 Å². The van der Waals surface area contributed by atoms with E-state index in [4.69, 9.17) is 17.2 Å². The molecule has 0 radical (unpaired) electrons. The highest BCUT2D eigenvalue weighted by molar-refractivity contribution is 8.26. The molecule has 0 unspecified atom stereocenters. The lowest BCUT2D eigenvalue weighted by atomic mass is 10.1. The lowest BCUT2D eigenvalue weighted by molar-refractivity contribution is -0.122. The topological polar surface area (TPSA) is 66.7 Å². The van der Waals surface area contributed by atoms with Crippen LogP contribution in [0.5, 0.6) is 0 Å². The van der Waals surface area contributed by atoms with Crippen molar-refractivity contribution < 1.29 is 4.79 Å². The maximum Gasteiger partial charge on any atom is 0.267 e. The zero-order valence-electron chi connectivity index (χ0n) is 23.4. The van der Waals surface area contributed by atoms with E-state index >= 15 is 0 Å². The summed E-state index contributed by atoms with van der Waals surface area (Å²) in [4.78, 5) is 33.7. The third-order valence-electron chi connectivity index (χ3n) is 7.20. The van der Waals surface area contributed by atoms with Gasteiger partial charge in [-0.3, -0.25) is 18.9 Å². The molecule has 1 aromatic carbocycles. The van der Waals surface area contributed by atoms with E-state index in [9.17, 15) is 9.59 Å². The molecule has 1 aliphatic heterocycles. The molecule has 1 N–H and O–H groups in total. The summed E-state index contributed by atoms with van der Waals surface area (Å²) in [6.07, 6.45) is 16.6. The first-order valence-corrected chi connectivity index (χ1v) is 15.9. The number of nitrogens with one attached hydrogen (secondary N) is 1. The van der Waals surface area contributed by atoms with E-state index in [1.807, 2.05) is 24.3 Å². The number of pyridine rings is 1.